The van der Waals surface area contributed by atoms with Crippen LogP contribution >= 0.6 is 11.6 Å². The minimum atomic E-state index is -0.425. The predicted molar refractivity (Wildman–Crippen MR) is 146 cm³/mol. The van der Waals surface area contributed by atoms with Gasteiger partial charge >= 0.3 is 6.03 Å². The number of anilines is 2. The van der Waals surface area contributed by atoms with E-state index in [9.17, 15) is 9.59 Å². The number of nitrogens with zero attached hydrogens (tertiary/aromatic N) is 3. The average molecular weight is 528 g/mol. The first kappa shape index (κ1) is 28.0. The van der Waals surface area contributed by atoms with Crippen LogP contribution in [-0.2, 0) is 14.9 Å². The fourth-order valence-corrected chi connectivity index (χ4v) is 3.81. The number of hydrogen-bond donors (Lipinski definition) is 2. The minimum Gasteiger partial charge on any atom is -0.495 e. The summed E-state index contributed by atoms with van der Waals surface area (Å²) >= 11 is 6.43. The van der Waals surface area contributed by atoms with E-state index in [1.807, 2.05) is 51.1 Å². The van der Waals surface area contributed by atoms with Crippen LogP contribution in [0.1, 0.15) is 32.9 Å². The highest BCUT2D eigenvalue weighted by Gasteiger charge is 2.24. The normalized spacial score (nSPS) is 11.2. The Morgan fingerprint density at radius 3 is 2.43 bits per heavy atom. The van der Waals surface area contributed by atoms with Gasteiger partial charge in [0.15, 0.2) is 0 Å². The lowest BCUT2D eigenvalue weighted by atomic mass is 9.92. The van der Waals surface area contributed by atoms with E-state index in [4.69, 9.17) is 26.2 Å². The number of aromatic nitrogens is 2. The van der Waals surface area contributed by atoms with Crippen molar-refractivity contribution in [2.75, 3.05) is 44.5 Å². The van der Waals surface area contributed by atoms with Gasteiger partial charge in [-0.3, -0.25) is 4.79 Å². The molecule has 0 aliphatic heterocycles. The Kier molecular flexibility index (Phi) is 9.54. The zero-order valence-corrected chi connectivity index (χ0v) is 22.6. The highest BCUT2D eigenvalue weighted by Crippen LogP contribution is 2.29. The lowest BCUT2D eigenvalue weighted by Gasteiger charge is -2.23. The van der Waals surface area contributed by atoms with Crippen molar-refractivity contribution in [2.24, 2.45) is 0 Å². The molecular formula is C27H34ClN5O4. The maximum Gasteiger partial charge on any atom is 0.322 e. The maximum absolute atomic E-state index is 13.2. The smallest absolute Gasteiger partial charge is 0.322 e. The van der Waals surface area contributed by atoms with Gasteiger partial charge in [0.2, 0.25) is 5.91 Å². The Morgan fingerprint density at radius 2 is 1.76 bits per heavy atom. The maximum atomic E-state index is 13.2. The quantitative estimate of drug-likeness (QED) is 0.347. The van der Waals surface area contributed by atoms with Gasteiger partial charge in [-0.05, 0) is 30.7 Å². The third-order valence-electron chi connectivity index (χ3n) is 5.57. The molecule has 198 valence electrons. The molecule has 0 fully saturated rings. The van der Waals surface area contributed by atoms with Gasteiger partial charge in [0.25, 0.3) is 0 Å². The molecule has 0 atom stereocenters. The Hall–Kier alpha value is -3.56. The summed E-state index contributed by atoms with van der Waals surface area (Å²) in [5.41, 5.74) is 1.68. The summed E-state index contributed by atoms with van der Waals surface area (Å²) < 4.78 is 12.1. The average Bonchev–Trinajstić information content (AvgIpc) is 3.28. The molecule has 9 nitrogen and oxygen atoms in total. The number of hydrogen-bond acceptors (Lipinski definition) is 5. The zero-order chi connectivity index (χ0) is 27.0. The van der Waals surface area contributed by atoms with Crippen LogP contribution in [0.15, 0.2) is 54.6 Å². The van der Waals surface area contributed by atoms with Crippen molar-refractivity contribution in [2.45, 2.75) is 32.6 Å². The Morgan fingerprint density at radius 1 is 1.05 bits per heavy atom. The Bertz CT molecular complexity index is 1220. The standard InChI is InChI=1S/C27H34ClN5O4/c1-27(2,3)23-17-24(33(31-23)21-13-8-6-11-19(21)28)30-25(34)18-32(15-10-16-36-4)26(35)29-20-12-7-9-14-22(20)37-5/h6-9,11-14,17H,10,15-16,18H2,1-5H3,(H,29,35)(H,30,34). The summed E-state index contributed by atoms with van der Waals surface area (Å²) in [4.78, 5) is 27.8. The molecule has 3 aromatic rings. The molecule has 10 heteroatoms. The van der Waals surface area contributed by atoms with Crippen molar-refractivity contribution in [1.82, 2.24) is 14.7 Å². The third kappa shape index (κ3) is 7.47. The molecule has 0 aliphatic rings. The molecule has 0 spiro atoms. The summed E-state index contributed by atoms with van der Waals surface area (Å²) in [7, 11) is 3.12. The van der Waals surface area contributed by atoms with Crippen molar-refractivity contribution in [1.29, 1.82) is 0 Å². The second kappa shape index (κ2) is 12.6. The van der Waals surface area contributed by atoms with E-state index >= 15 is 0 Å². The lowest BCUT2D eigenvalue weighted by molar-refractivity contribution is -0.116. The van der Waals surface area contributed by atoms with Crippen molar-refractivity contribution >= 4 is 35.0 Å². The van der Waals surface area contributed by atoms with Gasteiger partial charge in [0.05, 0.1) is 29.2 Å². The topological polar surface area (TPSA) is 97.7 Å². The summed E-state index contributed by atoms with van der Waals surface area (Å²) in [6.45, 7) is 6.71. The molecular weight excluding hydrogens is 494 g/mol. The lowest BCUT2D eigenvalue weighted by Crippen LogP contribution is -2.41. The second-order valence-corrected chi connectivity index (χ2v) is 9.88. The van der Waals surface area contributed by atoms with Crippen molar-refractivity contribution in [3.05, 3.63) is 65.3 Å². The van der Waals surface area contributed by atoms with Gasteiger partial charge < -0.3 is 25.0 Å². The number of amides is 3. The molecule has 2 aromatic carbocycles. The summed E-state index contributed by atoms with van der Waals surface area (Å²) in [5, 5.41) is 11.0. The molecule has 3 amide bonds. The predicted octanol–water partition coefficient (Wildman–Crippen LogP) is 5.34. The van der Waals surface area contributed by atoms with Crippen LogP contribution in [-0.4, -0.2) is 60.5 Å². The van der Waals surface area contributed by atoms with Gasteiger partial charge in [-0.15, -0.1) is 0 Å². The molecule has 37 heavy (non-hydrogen) atoms. The molecule has 2 N–H and O–H groups in total. The van der Waals surface area contributed by atoms with Crippen LogP contribution in [0.4, 0.5) is 16.3 Å². The third-order valence-corrected chi connectivity index (χ3v) is 5.89. The number of carbonyl (C=O) groups is 2. The van der Waals surface area contributed by atoms with Crippen LogP contribution in [0.5, 0.6) is 5.75 Å². The highest BCUT2D eigenvalue weighted by atomic mass is 35.5. The minimum absolute atomic E-state index is 0.177. The number of urea groups is 1. The number of nitrogens with one attached hydrogen (secondary N) is 2. The number of benzene rings is 2. The van der Waals surface area contributed by atoms with E-state index in [2.05, 4.69) is 10.6 Å². The van der Waals surface area contributed by atoms with Gasteiger partial charge in [-0.2, -0.15) is 5.10 Å². The van der Waals surface area contributed by atoms with Crippen molar-refractivity contribution in [3.8, 4) is 11.4 Å². The molecule has 0 saturated carbocycles. The van der Waals surface area contributed by atoms with Gasteiger partial charge in [0.1, 0.15) is 18.1 Å². The van der Waals surface area contributed by atoms with E-state index in [-0.39, 0.29) is 17.9 Å². The number of halogens is 1. The van der Waals surface area contributed by atoms with E-state index < -0.39 is 6.03 Å². The number of para-hydroxylation sites is 3. The molecule has 1 heterocycles. The zero-order valence-electron chi connectivity index (χ0n) is 21.9. The van der Waals surface area contributed by atoms with Crippen LogP contribution < -0.4 is 15.4 Å². The SMILES string of the molecule is COCCCN(CC(=O)Nc1cc(C(C)(C)C)nn1-c1ccccc1Cl)C(=O)Nc1ccccc1OC. The van der Waals surface area contributed by atoms with E-state index in [0.29, 0.717) is 47.5 Å². The second-order valence-electron chi connectivity index (χ2n) is 9.47. The van der Waals surface area contributed by atoms with Crippen LogP contribution in [0.3, 0.4) is 0 Å². The molecule has 0 bridgehead atoms. The molecule has 1 aromatic heterocycles. The molecule has 0 aliphatic carbocycles. The first-order valence-electron chi connectivity index (χ1n) is 12.0. The summed E-state index contributed by atoms with van der Waals surface area (Å²) in [6.07, 6.45) is 0.564. The van der Waals surface area contributed by atoms with Gasteiger partial charge in [0, 0.05) is 31.7 Å². The fraction of sp³-hybridized carbons (Fsp3) is 0.370. The van der Waals surface area contributed by atoms with Crippen molar-refractivity contribution in [3.63, 3.8) is 0 Å². The first-order valence-corrected chi connectivity index (χ1v) is 12.3. The number of methoxy groups -OCH3 is 2. The number of rotatable bonds is 10. The van der Waals surface area contributed by atoms with E-state index in [0.717, 1.165) is 5.69 Å². The summed E-state index contributed by atoms with van der Waals surface area (Å²) in [5.74, 6) is 0.613. The Labute approximate surface area is 222 Å². The van der Waals surface area contributed by atoms with Gasteiger partial charge in [-0.1, -0.05) is 56.6 Å². The van der Waals surface area contributed by atoms with Crippen LogP contribution in [0.2, 0.25) is 5.02 Å². The molecule has 0 unspecified atom stereocenters. The highest BCUT2D eigenvalue weighted by molar-refractivity contribution is 6.32. The first-order chi connectivity index (χ1) is 17.6. The largest absolute Gasteiger partial charge is 0.495 e. The monoisotopic (exact) mass is 527 g/mol. The van der Waals surface area contributed by atoms with Crippen LogP contribution in [0, 0.1) is 0 Å². The van der Waals surface area contributed by atoms with Crippen molar-refractivity contribution < 1.29 is 19.1 Å². The van der Waals surface area contributed by atoms with Crippen LogP contribution in [0.25, 0.3) is 5.69 Å². The molecule has 3 rings (SSSR count). The fourth-order valence-electron chi connectivity index (χ4n) is 3.59. The Balaban J connectivity index is 1.83. The van der Waals surface area contributed by atoms with E-state index in [1.165, 1.54) is 12.0 Å². The molecule has 0 radical (unpaired) electrons. The number of carbonyl (C=O) groups excluding carboxylic acids is 2. The van der Waals surface area contributed by atoms with E-state index in [1.54, 1.807) is 36.1 Å². The molecule has 0 saturated heterocycles. The van der Waals surface area contributed by atoms with Gasteiger partial charge in [-0.25, -0.2) is 9.48 Å². The number of ether oxygens (including phenoxy) is 2. The summed E-state index contributed by atoms with van der Waals surface area (Å²) in [6, 6.07) is 15.8.